The average Bonchev–Trinajstić information content (AvgIpc) is 2.62. The number of aromatic nitrogens is 2. The van der Waals surface area contributed by atoms with Gasteiger partial charge in [-0.05, 0) is 19.9 Å². The van der Waals surface area contributed by atoms with Gasteiger partial charge in [-0.2, -0.15) is 0 Å². The fourth-order valence-corrected chi connectivity index (χ4v) is 2.84. The Kier molecular flexibility index (Phi) is 5.25. The summed E-state index contributed by atoms with van der Waals surface area (Å²) in [6, 6.07) is 7.66. The van der Waals surface area contributed by atoms with Crippen LogP contribution in [0.5, 0.6) is 0 Å². The molecule has 1 fully saturated rings. The molecule has 0 spiro atoms. The van der Waals surface area contributed by atoms with Gasteiger partial charge < -0.3 is 20.4 Å². The molecular formula is C18H22N4O3. The molecular weight excluding hydrogens is 320 g/mol. The number of aryl methyl sites for hydroxylation is 1. The van der Waals surface area contributed by atoms with Gasteiger partial charge in [0.2, 0.25) is 0 Å². The number of amides is 1. The lowest BCUT2D eigenvalue weighted by molar-refractivity contribution is -0.0237. The van der Waals surface area contributed by atoms with Gasteiger partial charge in [-0.25, -0.2) is 4.98 Å². The Bertz CT molecular complexity index is 799. The van der Waals surface area contributed by atoms with Crippen LogP contribution in [0.15, 0.2) is 35.3 Å². The second-order valence-electron chi connectivity index (χ2n) is 6.16. The molecule has 1 aliphatic heterocycles. The van der Waals surface area contributed by atoms with Crippen molar-refractivity contribution < 1.29 is 9.53 Å². The van der Waals surface area contributed by atoms with E-state index in [1.807, 2.05) is 31.2 Å². The van der Waals surface area contributed by atoms with E-state index >= 15 is 0 Å². The largest absolute Gasteiger partial charge is 0.374 e. The summed E-state index contributed by atoms with van der Waals surface area (Å²) in [5.41, 5.74) is 7.09. The van der Waals surface area contributed by atoms with Crippen molar-refractivity contribution in [3.63, 3.8) is 0 Å². The van der Waals surface area contributed by atoms with Gasteiger partial charge in [0, 0.05) is 24.8 Å². The lowest BCUT2D eigenvalue weighted by Crippen LogP contribution is -2.47. The van der Waals surface area contributed by atoms with Crippen molar-refractivity contribution in [2.75, 3.05) is 26.2 Å². The van der Waals surface area contributed by atoms with E-state index in [0.29, 0.717) is 38.5 Å². The highest BCUT2D eigenvalue weighted by atomic mass is 16.5. The van der Waals surface area contributed by atoms with Crippen molar-refractivity contribution in [2.24, 2.45) is 5.73 Å². The fraction of sp³-hybridized carbons (Fsp3) is 0.389. The highest BCUT2D eigenvalue weighted by molar-refractivity contribution is 5.93. The predicted molar refractivity (Wildman–Crippen MR) is 94.3 cm³/mol. The molecule has 7 heteroatoms. The minimum Gasteiger partial charge on any atom is -0.374 e. The molecule has 1 aromatic heterocycles. The molecule has 2 aromatic rings. The smallest absolute Gasteiger partial charge is 0.264 e. The van der Waals surface area contributed by atoms with Gasteiger partial charge in [0.05, 0.1) is 12.7 Å². The lowest BCUT2D eigenvalue weighted by Gasteiger charge is -2.32. The molecule has 25 heavy (non-hydrogen) atoms. The molecule has 3 N–H and O–H groups in total. The van der Waals surface area contributed by atoms with Crippen LogP contribution in [0.4, 0.5) is 0 Å². The molecule has 0 saturated carbocycles. The van der Waals surface area contributed by atoms with Crippen LogP contribution in [0.1, 0.15) is 22.3 Å². The minimum atomic E-state index is -0.433. The van der Waals surface area contributed by atoms with Gasteiger partial charge in [-0.15, -0.1) is 0 Å². The summed E-state index contributed by atoms with van der Waals surface area (Å²) >= 11 is 0. The van der Waals surface area contributed by atoms with E-state index in [1.54, 1.807) is 4.90 Å². The van der Waals surface area contributed by atoms with Crippen molar-refractivity contribution >= 4 is 5.91 Å². The summed E-state index contributed by atoms with van der Waals surface area (Å²) in [4.78, 5) is 33.6. The third-order valence-corrected chi connectivity index (χ3v) is 4.27. The number of morpholine rings is 1. The zero-order chi connectivity index (χ0) is 17.8. The third kappa shape index (κ3) is 3.94. The zero-order valence-corrected chi connectivity index (χ0v) is 14.2. The maximum Gasteiger partial charge on any atom is 0.264 e. The van der Waals surface area contributed by atoms with E-state index in [4.69, 9.17) is 10.5 Å². The summed E-state index contributed by atoms with van der Waals surface area (Å²) in [6.07, 6.45) is 1.95. The van der Waals surface area contributed by atoms with Crippen LogP contribution in [-0.2, 0) is 4.74 Å². The Hall–Kier alpha value is -2.51. The number of benzene rings is 1. The van der Waals surface area contributed by atoms with E-state index in [9.17, 15) is 9.59 Å². The highest BCUT2D eigenvalue weighted by Gasteiger charge is 2.26. The van der Waals surface area contributed by atoms with E-state index in [2.05, 4.69) is 9.97 Å². The monoisotopic (exact) mass is 342 g/mol. The van der Waals surface area contributed by atoms with Crippen LogP contribution in [-0.4, -0.2) is 53.1 Å². The lowest BCUT2D eigenvalue weighted by atomic mass is 10.1. The van der Waals surface area contributed by atoms with Gasteiger partial charge in [-0.3, -0.25) is 9.59 Å². The number of nitrogens with zero attached hydrogens (tertiary/aromatic N) is 2. The van der Waals surface area contributed by atoms with E-state index < -0.39 is 5.56 Å². The molecule has 0 bridgehead atoms. The molecule has 1 saturated heterocycles. The number of nitrogens with two attached hydrogens (primary N) is 1. The Balaban J connectivity index is 1.79. The maximum atomic E-state index is 12.6. The van der Waals surface area contributed by atoms with E-state index in [-0.39, 0.29) is 17.6 Å². The van der Waals surface area contributed by atoms with Crippen molar-refractivity contribution in [1.82, 2.24) is 14.9 Å². The molecule has 1 atom stereocenters. The second-order valence-corrected chi connectivity index (χ2v) is 6.16. The van der Waals surface area contributed by atoms with Crippen molar-refractivity contribution in [1.29, 1.82) is 0 Å². The number of hydrogen-bond acceptors (Lipinski definition) is 5. The molecule has 2 heterocycles. The molecule has 1 aromatic carbocycles. The SMILES string of the molecule is Cc1ccc(-c2ncc(C(=O)N3CCO[C@@H](CCN)C3)c(=O)[nH]2)cc1. The van der Waals surface area contributed by atoms with Crippen LogP contribution in [0, 0.1) is 6.92 Å². The first-order valence-electron chi connectivity index (χ1n) is 8.36. The predicted octanol–water partition coefficient (Wildman–Crippen LogP) is 0.935. The normalized spacial score (nSPS) is 17.5. The first-order valence-corrected chi connectivity index (χ1v) is 8.36. The van der Waals surface area contributed by atoms with Gasteiger partial charge in [0.25, 0.3) is 11.5 Å². The number of aromatic amines is 1. The number of carbonyl (C=O) groups is 1. The minimum absolute atomic E-state index is 0.0456. The first kappa shape index (κ1) is 17.3. The number of carbonyl (C=O) groups excluding carboxylic acids is 1. The molecule has 1 aliphatic rings. The Labute approximate surface area is 145 Å². The quantitative estimate of drug-likeness (QED) is 0.861. The molecule has 7 nitrogen and oxygen atoms in total. The van der Waals surface area contributed by atoms with Crippen molar-refractivity contribution in [2.45, 2.75) is 19.4 Å². The number of hydrogen-bond donors (Lipinski definition) is 2. The fourth-order valence-electron chi connectivity index (χ4n) is 2.84. The Morgan fingerprint density at radius 2 is 2.16 bits per heavy atom. The summed E-state index contributed by atoms with van der Waals surface area (Å²) < 4.78 is 5.58. The Morgan fingerprint density at radius 3 is 2.84 bits per heavy atom. The van der Waals surface area contributed by atoms with Gasteiger partial charge in [0.15, 0.2) is 0 Å². The topological polar surface area (TPSA) is 101 Å². The third-order valence-electron chi connectivity index (χ3n) is 4.27. The standard InChI is InChI=1S/C18H22N4O3/c1-12-2-4-13(5-3-12)16-20-10-15(17(23)21-16)18(24)22-8-9-25-14(11-22)6-7-19/h2-5,10,14H,6-9,11,19H2,1H3,(H,20,21,23)/t14-/m0/s1. The highest BCUT2D eigenvalue weighted by Crippen LogP contribution is 2.15. The zero-order valence-electron chi connectivity index (χ0n) is 14.2. The molecule has 0 unspecified atom stereocenters. The van der Waals surface area contributed by atoms with Gasteiger partial charge in [-0.1, -0.05) is 29.8 Å². The molecule has 3 rings (SSSR count). The second kappa shape index (κ2) is 7.58. The van der Waals surface area contributed by atoms with Crippen LogP contribution < -0.4 is 11.3 Å². The summed E-state index contributed by atoms with van der Waals surface area (Å²) in [5, 5.41) is 0. The maximum absolute atomic E-state index is 12.6. The van der Waals surface area contributed by atoms with Crippen LogP contribution in [0.25, 0.3) is 11.4 Å². The van der Waals surface area contributed by atoms with Crippen LogP contribution >= 0.6 is 0 Å². The average molecular weight is 342 g/mol. The number of rotatable bonds is 4. The first-order chi connectivity index (χ1) is 12.1. The van der Waals surface area contributed by atoms with Crippen LogP contribution in [0.2, 0.25) is 0 Å². The molecule has 0 radical (unpaired) electrons. The summed E-state index contributed by atoms with van der Waals surface area (Å²) in [5.74, 6) is 0.124. The summed E-state index contributed by atoms with van der Waals surface area (Å²) in [6.45, 7) is 3.83. The van der Waals surface area contributed by atoms with Gasteiger partial charge >= 0.3 is 0 Å². The van der Waals surface area contributed by atoms with Crippen molar-refractivity contribution in [3.05, 3.63) is 51.9 Å². The molecule has 132 valence electrons. The number of ether oxygens (including phenoxy) is 1. The Morgan fingerprint density at radius 1 is 1.40 bits per heavy atom. The molecule has 0 aliphatic carbocycles. The molecule has 1 amide bonds. The number of nitrogens with one attached hydrogen (secondary N) is 1. The van der Waals surface area contributed by atoms with Crippen molar-refractivity contribution in [3.8, 4) is 11.4 Å². The van der Waals surface area contributed by atoms with Crippen LogP contribution in [0.3, 0.4) is 0 Å². The number of H-pyrrole nitrogens is 1. The van der Waals surface area contributed by atoms with E-state index in [0.717, 1.165) is 11.1 Å². The van der Waals surface area contributed by atoms with Gasteiger partial charge in [0.1, 0.15) is 11.4 Å². The van der Waals surface area contributed by atoms with E-state index in [1.165, 1.54) is 6.20 Å². The summed E-state index contributed by atoms with van der Waals surface area (Å²) in [7, 11) is 0.